The number of fused-ring (bicyclic) bond motifs is 1. The summed E-state index contributed by atoms with van der Waals surface area (Å²) in [5.41, 5.74) is 1.35. The summed E-state index contributed by atoms with van der Waals surface area (Å²) in [7, 11) is -2.05. The van der Waals surface area contributed by atoms with Gasteiger partial charge in [0.05, 0.1) is 20.0 Å². The summed E-state index contributed by atoms with van der Waals surface area (Å²) >= 11 is 0. The third-order valence-corrected chi connectivity index (χ3v) is 5.48. The van der Waals surface area contributed by atoms with Crippen molar-refractivity contribution in [3.05, 3.63) is 40.8 Å². The van der Waals surface area contributed by atoms with Crippen LogP contribution >= 0.6 is 0 Å². The minimum Gasteiger partial charge on any atom is -0.493 e. The number of hydrogen-bond acceptors (Lipinski definition) is 8. The van der Waals surface area contributed by atoms with E-state index in [4.69, 9.17) is 22.8 Å². The van der Waals surface area contributed by atoms with Gasteiger partial charge in [0.2, 0.25) is 6.79 Å². The molecule has 1 aliphatic rings. The number of furan rings is 1. The van der Waals surface area contributed by atoms with E-state index in [1.54, 1.807) is 18.2 Å². The zero-order valence-electron chi connectivity index (χ0n) is 18.5. The Morgan fingerprint density at radius 2 is 1.79 bits per heavy atom. The van der Waals surface area contributed by atoms with Gasteiger partial charge >= 0.3 is 12.1 Å². The molecule has 0 unspecified atom stereocenters. The van der Waals surface area contributed by atoms with E-state index < -0.39 is 22.2 Å². The maximum Gasteiger partial charge on any atom is 0.471 e. The quantitative estimate of drug-likeness (QED) is 0.365. The van der Waals surface area contributed by atoms with Crippen molar-refractivity contribution < 1.29 is 49.2 Å². The van der Waals surface area contributed by atoms with Crippen LogP contribution < -0.4 is 19.5 Å². The molecule has 1 N–H and O–H groups in total. The Kier molecular flexibility index (Phi) is 7.97. The van der Waals surface area contributed by atoms with Crippen LogP contribution in [0, 0.1) is 0 Å². The van der Waals surface area contributed by atoms with Gasteiger partial charge in [0.25, 0.3) is 10.1 Å². The van der Waals surface area contributed by atoms with Crippen molar-refractivity contribution >= 4 is 16.0 Å². The molecule has 13 heteroatoms. The number of carbonyl (C=O) groups excluding carboxylic acids is 1. The van der Waals surface area contributed by atoms with E-state index in [2.05, 4.69) is 0 Å². The fourth-order valence-corrected chi connectivity index (χ4v) is 3.77. The molecule has 0 radical (unpaired) electrons. The van der Waals surface area contributed by atoms with Crippen molar-refractivity contribution in [3.63, 3.8) is 0 Å². The number of aryl methyl sites for hydroxylation is 1. The Morgan fingerprint density at radius 1 is 1.12 bits per heavy atom. The van der Waals surface area contributed by atoms with E-state index in [0.717, 1.165) is 6.26 Å². The van der Waals surface area contributed by atoms with Crippen molar-refractivity contribution in [2.75, 3.05) is 33.3 Å². The van der Waals surface area contributed by atoms with Gasteiger partial charge in [0.15, 0.2) is 17.2 Å². The highest BCUT2D eigenvalue weighted by atomic mass is 32.2. The molecule has 2 aromatic rings. The van der Waals surface area contributed by atoms with Gasteiger partial charge in [0.1, 0.15) is 11.5 Å². The molecule has 1 aliphatic heterocycles. The molecule has 1 aromatic carbocycles. The minimum atomic E-state index is -4.96. The average Bonchev–Trinajstić information content (AvgIpc) is 3.35. The van der Waals surface area contributed by atoms with Crippen molar-refractivity contribution in [2.24, 2.45) is 0 Å². The number of methoxy groups -OCH3 is 1. The molecule has 0 bridgehead atoms. The van der Waals surface area contributed by atoms with Crippen LogP contribution in [0.2, 0.25) is 0 Å². The van der Waals surface area contributed by atoms with Crippen molar-refractivity contribution in [1.29, 1.82) is 0 Å². The fourth-order valence-electron chi connectivity index (χ4n) is 3.35. The van der Waals surface area contributed by atoms with Gasteiger partial charge in [0, 0.05) is 25.5 Å². The van der Waals surface area contributed by atoms with Gasteiger partial charge in [-0.3, -0.25) is 8.98 Å². The summed E-state index contributed by atoms with van der Waals surface area (Å²) < 4.78 is 86.3. The van der Waals surface area contributed by atoms with Crippen LogP contribution in [0.3, 0.4) is 0 Å². The lowest BCUT2D eigenvalue weighted by molar-refractivity contribution is -0.173. The number of nitrogens with one attached hydrogen (secondary N) is 1. The normalized spacial score (nSPS) is 13.2. The lowest BCUT2D eigenvalue weighted by atomic mass is 9.99. The third kappa shape index (κ3) is 7.03. The monoisotopic (exact) mass is 507 g/mol. The zero-order valence-corrected chi connectivity index (χ0v) is 19.3. The molecule has 3 rings (SSSR count). The van der Waals surface area contributed by atoms with E-state index in [9.17, 15) is 26.4 Å². The van der Waals surface area contributed by atoms with Gasteiger partial charge in [-0.05, 0) is 36.1 Å². The van der Waals surface area contributed by atoms with Gasteiger partial charge < -0.3 is 23.9 Å². The molecule has 0 saturated carbocycles. The van der Waals surface area contributed by atoms with Gasteiger partial charge in [-0.1, -0.05) is 0 Å². The molecular weight excluding hydrogens is 483 g/mol. The summed E-state index contributed by atoms with van der Waals surface area (Å²) in [4.78, 5) is 11.1. The molecule has 34 heavy (non-hydrogen) atoms. The van der Waals surface area contributed by atoms with Crippen LogP contribution in [0.15, 0.2) is 22.6 Å². The predicted octanol–water partition coefficient (Wildman–Crippen LogP) is 2.74. The minimum absolute atomic E-state index is 0.00708. The smallest absolute Gasteiger partial charge is 0.471 e. The average molecular weight is 507 g/mol. The van der Waals surface area contributed by atoms with E-state index in [1.165, 1.54) is 7.11 Å². The largest absolute Gasteiger partial charge is 0.493 e. The molecule has 9 nitrogen and oxygen atoms in total. The molecule has 1 aromatic heterocycles. The lowest BCUT2D eigenvalue weighted by Crippen LogP contribution is -2.37. The second-order valence-corrected chi connectivity index (χ2v) is 9.13. The Bertz CT molecular complexity index is 1130. The number of ether oxygens (including phenoxy) is 3. The third-order valence-electron chi connectivity index (χ3n) is 4.89. The van der Waals surface area contributed by atoms with Crippen molar-refractivity contribution in [2.45, 2.75) is 31.9 Å². The maximum absolute atomic E-state index is 12.5. The fraction of sp³-hybridized carbons (Fsp3) is 0.476. The first-order valence-corrected chi connectivity index (χ1v) is 12.0. The molecule has 0 saturated heterocycles. The number of alkyl halides is 3. The number of hydrogen-bond donors (Lipinski definition) is 1. The Labute approximate surface area is 194 Å². The number of halogens is 3. The summed E-state index contributed by atoms with van der Waals surface area (Å²) in [6.45, 7) is -0.203. The first kappa shape index (κ1) is 25.7. The Morgan fingerprint density at radius 3 is 2.41 bits per heavy atom. The highest BCUT2D eigenvalue weighted by Gasteiger charge is 2.38. The number of benzene rings is 1. The first-order chi connectivity index (χ1) is 16.0. The molecule has 0 aliphatic carbocycles. The summed E-state index contributed by atoms with van der Waals surface area (Å²) in [5.74, 6) is 0.435. The van der Waals surface area contributed by atoms with E-state index in [0.29, 0.717) is 52.7 Å². The molecular formula is C21H24F3NO8S. The van der Waals surface area contributed by atoms with E-state index >= 15 is 0 Å². The molecule has 2 heterocycles. The second-order valence-electron chi connectivity index (χ2n) is 7.49. The van der Waals surface area contributed by atoms with Crippen LogP contribution in [-0.2, 0) is 38.4 Å². The molecule has 0 fully saturated rings. The van der Waals surface area contributed by atoms with Crippen molar-refractivity contribution in [1.82, 2.24) is 5.32 Å². The standard InChI is InChI=1S/C21H24F3NO8S/c1-29-16-11-15(4-3-7-32-34(2,27)28)33-19(16)10-14-9-18-17(30-12-31-18)8-13(14)5-6-25-20(26)21(22,23)24/h8-9,11H,3-7,10,12H2,1-2H3,(H,25,26). The predicted molar refractivity (Wildman–Crippen MR) is 113 cm³/mol. The van der Waals surface area contributed by atoms with Crippen LogP contribution in [0.4, 0.5) is 13.2 Å². The molecule has 1 amide bonds. The molecule has 0 spiro atoms. The Hall–Kier alpha value is -2.93. The lowest BCUT2D eigenvalue weighted by Gasteiger charge is -2.12. The maximum atomic E-state index is 12.5. The first-order valence-electron chi connectivity index (χ1n) is 10.2. The SMILES string of the molecule is COc1cc(CCCOS(C)(=O)=O)oc1Cc1cc2c(cc1CCNC(=O)C(F)(F)F)OCO2. The second kappa shape index (κ2) is 10.6. The van der Waals surface area contributed by atoms with Crippen LogP contribution in [0.5, 0.6) is 17.2 Å². The summed E-state index contributed by atoms with van der Waals surface area (Å²) in [5, 5.41) is 1.86. The Balaban J connectivity index is 1.73. The summed E-state index contributed by atoms with van der Waals surface area (Å²) in [6, 6.07) is 5.06. The number of rotatable bonds is 11. The van der Waals surface area contributed by atoms with Crippen LogP contribution in [0.1, 0.15) is 29.1 Å². The number of carbonyl (C=O) groups is 1. The van der Waals surface area contributed by atoms with Crippen molar-refractivity contribution in [3.8, 4) is 17.2 Å². The van der Waals surface area contributed by atoms with E-state index in [1.807, 2.05) is 5.32 Å². The highest BCUT2D eigenvalue weighted by molar-refractivity contribution is 7.85. The van der Waals surface area contributed by atoms with E-state index in [-0.39, 0.29) is 32.8 Å². The zero-order chi connectivity index (χ0) is 24.9. The van der Waals surface area contributed by atoms with Crippen LogP contribution in [-0.4, -0.2) is 53.8 Å². The number of amides is 1. The van der Waals surface area contributed by atoms with Gasteiger partial charge in [-0.25, -0.2) is 0 Å². The van der Waals surface area contributed by atoms with Crippen LogP contribution in [0.25, 0.3) is 0 Å². The highest BCUT2D eigenvalue weighted by Crippen LogP contribution is 2.37. The van der Waals surface area contributed by atoms with Gasteiger partial charge in [-0.2, -0.15) is 21.6 Å². The molecule has 0 atom stereocenters. The molecule has 188 valence electrons. The topological polar surface area (TPSA) is 113 Å². The van der Waals surface area contributed by atoms with Gasteiger partial charge in [-0.15, -0.1) is 0 Å². The summed E-state index contributed by atoms with van der Waals surface area (Å²) in [6.07, 6.45) is -2.82.